The average Bonchev–Trinajstić information content (AvgIpc) is 3.30. The highest BCUT2D eigenvalue weighted by molar-refractivity contribution is 6.01. The summed E-state index contributed by atoms with van der Waals surface area (Å²) in [5.74, 6) is 0.857. The van der Waals surface area contributed by atoms with E-state index in [0.29, 0.717) is 30.1 Å². The minimum Gasteiger partial charge on any atom is -0.493 e. The number of rotatable bonds is 9. The molecule has 0 aromatic heterocycles. The van der Waals surface area contributed by atoms with Crippen LogP contribution in [0.2, 0.25) is 0 Å². The van der Waals surface area contributed by atoms with Gasteiger partial charge in [-0.1, -0.05) is 49.2 Å². The first-order valence-corrected chi connectivity index (χ1v) is 10.6. The SMILES string of the molecule is C=CCc1cc(/C=C(/C#N)C(=O)NC2CCCC2)cc(OC)c1OCc1ccccc1. The molecule has 5 heteroatoms. The number of allylic oxidation sites excluding steroid dienone is 1. The molecular weight excluding hydrogens is 388 g/mol. The van der Waals surface area contributed by atoms with E-state index in [-0.39, 0.29) is 17.5 Å². The fourth-order valence-corrected chi connectivity index (χ4v) is 3.77. The van der Waals surface area contributed by atoms with E-state index in [1.54, 1.807) is 25.3 Å². The maximum absolute atomic E-state index is 12.6. The number of ether oxygens (including phenoxy) is 2. The predicted octanol–water partition coefficient (Wildman–Crippen LogP) is 4.97. The number of hydrogen-bond donors (Lipinski definition) is 1. The molecule has 1 N–H and O–H groups in total. The first-order chi connectivity index (χ1) is 15.1. The van der Waals surface area contributed by atoms with Crippen LogP contribution in [0.25, 0.3) is 6.08 Å². The molecule has 1 amide bonds. The highest BCUT2D eigenvalue weighted by Crippen LogP contribution is 2.35. The topological polar surface area (TPSA) is 71.4 Å². The minimum atomic E-state index is -0.331. The third-order valence-electron chi connectivity index (χ3n) is 5.33. The lowest BCUT2D eigenvalue weighted by molar-refractivity contribution is -0.117. The number of nitrogens with one attached hydrogen (secondary N) is 1. The molecular formula is C26H28N2O3. The van der Waals surface area contributed by atoms with Crippen LogP contribution in [0.5, 0.6) is 11.5 Å². The van der Waals surface area contributed by atoms with E-state index in [1.807, 2.05) is 42.5 Å². The number of nitrogens with zero attached hydrogens (tertiary/aromatic N) is 1. The Balaban J connectivity index is 1.86. The van der Waals surface area contributed by atoms with E-state index in [0.717, 1.165) is 36.8 Å². The van der Waals surface area contributed by atoms with Crippen molar-refractivity contribution in [3.05, 3.63) is 77.4 Å². The van der Waals surface area contributed by atoms with Gasteiger partial charge in [-0.15, -0.1) is 6.58 Å². The molecule has 160 valence electrons. The summed E-state index contributed by atoms with van der Waals surface area (Å²) in [7, 11) is 1.58. The highest BCUT2D eigenvalue weighted by atomic mass is 16.5. The van der Waals surface area contributed by atoms with Crippen LogP contribution < -0.4 is 14.8 Å². The van der Waals surface area contributed by atoms with Gasteiger partial charge in [0.2, 0.25) is 0 Å². The number of methoxy groups -OCH3 is 1. The van der Waals surface area contributed by atoms with E-state index in [2.05, 4.69) is 11.9 Å². The normalized spacial score (nSPS) is 14.0. The molecule has 0 heterocycles. The first kappa shape index (κ1) is 22.2. The molecule has 0 radical (unpaired) electrons. The molecule has 0 aliphatic heterocycles. The Hall–Kier alpha value is -3.52. The largest absolute Gasteiger partial charge is 0.493 e. The van der Waals surface area contributed by atoms with Gasteiger partial charge in [0, 0.05) is 11.6 Å². The van der Waals surface area contributed by atoms with Gasteiger partial charge in [-0.05, 0) is 48.6 Å². The standard InChI is InChI=1S/C26H28N2O3/c1-3-9-21-14-20(15-22(17-27)26(29)28-23-12-7-8-13-23)16-24(30-2)25(21)31-18-19-10-5-4-6-11-19/h3-6,10-11,14-16,23H,1,7-9,12-13,18H2,2H3,(H,28,29)/b22-15-. The quantitative estimate of drug-likeness (QED) is 0.356. The van der Waals surface area contributed by atoms with Gasteiger partial charge in [0.05, 0.1) is 7.11 Å². The van der Waals surface area contributed by atoms with Crippen LogP contribution in [0.3, 0.4) is 0 Å². The van der Waals surface area contributed by atoms with Crippen molar-refractivity contribution in [3.63, 3.8) is 0 Å². The van der Waals surface area contributed by atoms with Gasteiger partial charge in [-0.3, -0.25) is 4.79 Å². The smallest absolute Gasteiger partial charge is 0.262 e. The lowest BCUT2D eigenvalue weighted by atomic mass is 10.0. The Bertz CT molecular complexity index is 984. The summed E-state index contributed by atoms with van der Waals surface area (Å²) in [6.07, 6.45) is 8.12. The number of carbonyl (C=O) groups is 1. The Morgan fingerprint density at radius 3 is 2.65 bits per heavy atom. The maximum atomic E-state index is 12.6. The van der Waals surface area contributed by atoms with Crippen molar-refractivity contribution in [2.75, 3.05) is 7.11 Å². The summed E-state index contributed by atoms with van der Waals surface area (Å²) in [5, 5.41) is 12.5. The van der Waals surface area contributed by atoms with Crippen LogP contribution in [-0.2, 0) is 17.8 Å². The zero-order chi connectivity index (χ0) is 22.1. The number of carbonyl (C=O) groups excluding carboxylic acids is 1. The van der Waals surface area contributed by atoms with E-state index in [1.165, 1.54) is 0 Å². The molecule has 5 nitrogen and oxygen atoms in total. The van der Waals surface area contributed by atoms with Gasteiger partial charge < -0.3 is 14.8 Å². The summed E-state index contributed by atoms with van der Waals surface area (Å²) in [5.41, 5.74) is 2.72. The molecule has 0 saturated heterocycles. The Kier molecular flexibility index (Phi) is 7.89. The van der Waals surface area contributed by atoms with Crippen molar-refractivity contribution in [3.8, 4) is 17.6 Å². The van der Waals surface area contributed by atoms with Crippen molar-refractivity contribution < 1.29 is 14.3 Å². The molecule has 0 atom stereocenters. The number of benzene rings is 2. The van der Waals surface area contributed by atoms with Crippen LogP contribution >= 0.6 is 0 Å². The van der Waals surface area contributed by atoms with Crippen molar-refractivity contribution in [2.45, 2.75) is 44.8 Å². The zero-order valence-corrected chi connectivity index (χ0v) is 17.9. The molecule has 2 aromatic carbocycles. The van der Waals surface area contributed by atoms with Crippen LogP contribution in [0.1, 0.15) is 42.4 Å². The van der Waals surface area contributed by atoms with Crippen molar-refractivity contribution >= 4 is 12.0 Å². The maximum Gasteiger partial charge on any atom is 0.262 e. The highest BCUT2D eigenvalue weighted by Gasteiger charge is 2.20. The minimum absolute atomic E-state index is 0.0801. The van der Waals surface area contributed by atoms with Gasteiger partial charge in [0.15, 0.2) is 11.5 Å². The molecule has 0 bridgehead atoms. The molecule has 31 heavy (non-hydrogen) atoms. The average molecular weight is 417 g/mol. The molecule has 1 aliphatic carbocycles. The number of amides is 1. The second-order valence-electron chi connectivity index (χ2n) is 7.60. The van der Waals surface area contributed by atoms with Crippen molar-refractivity contribution in [1.82, 2.24) is 5.32 Å². The lowest BCUT2D eigenvalue weighted by Gasteiger charge is -2.16. The predicted molar refractivity (Wildman–Crippen MR) is 122 cm³/mol. The second-order valence-corrected chi connectivity index (χ2v) is 7.60. The monoisotopic (exact) mass is 416 g/mol. The van der Waals surface area contributed by atoms with E-state index in [9.17, 15) is 10.1 Å². The van der Waals surface area contributed by atoms with Gasteiger partial charge in [-0.25, -0.2) is 0 Å². The molecule has 3 rings (SSSR count). The fraction of sp³-hybridized carbons (Fsp3) is 0.308. The van der Waals surface area contributed by atoms with Gasteiger partial charge in [-0.2, -0.15) is 5.26 Å². The van der Waals surface area contributed by atoms with Gasteiger partial charge in [0.1, 0.15) is 18.2 Å². The third kappa shape index (κ3) is 5.99. The van der Waals surface area contributed by atoms with Crippen LogP contribution in [-0.4, -0.2) is 19.1 Å². The van der Waals surface area contributed by atoms with Gasteiger partial charge in [0.25, 0.3) is 5.91 Å². The number of nitriles is 1. The third-order valence-corrected chi connectivity index (χ3v) is 5.33. The number of hydrogen-bond acceptors (Lipinski definition) is 4. The Labute approximate surface area is 184 Å². The van der Waals surface area contributed by atoms with Crippen LogP contribution in [0.4, 0.5) is 0 Å². The molecule has 1 saturated carbocycles. The second kappa shape index (κ2) is 11.0. The first-order valence-electron chi connectivity index (χ1n) is 10.6. The van der Waals surface area contributed by atoms with Crippen molar-refractivity contribution in [2.24, 2.45) is 0 Å². The van der Waals surface area contributed by atoms with Crippen molar-refractivity contribution in [1.29, 1.82) is 5.26 Å². The molecule has 2 aromatic rings. The fourth-order valence-electron chi connectivity index (χ4n) is 3.77. The molecule has 1 aliphatic rings. The summed E-state index contributed by atoms with van der Waals surface area (Å²) in [6, 6.07) is 15.8. The van der Waals surface area contributed by atoms with Crippen LogP contribution in [0.15, 0.2) is 60.7 Å². The summed E-state index contributed by atoms with van der Waals surface area (Å²) in [4.78, 5) is 12.6. The molecule has 1 fully saturated rings. The molecule has 0 unspecified atom stereocenters. The van der Waals surface area contributed by atoms with Crippen LogP contribution in [0, 0.1) is 11.3 Å². The summed E-state index contributed by atoms with van der Waals surface area (Å²) < 4.78 is 11.7. The van der Waals surface area contributed by atoms with E-state index in [4.69, 9.17) is 9.47 Å². The van der Waals surface area contributed by atoms with Gasteiger partial charge >= 0.3 is 0 Å². The lowest BCUT2D eigenvalue weighted by Crippen LogP contribution is -2.33. The van der Waals surface area contributed by atoms with E-state index >= 15 is 0 Å². The zero-order valence-electron chi connectivity index (χ0n) is 17.9. The Morgan fingerprint density at radius 2 is 2.00 bits per heavy atom. The summed E-state index contributed by atoms with van der Waals surface area (Å²) in [6.45, 7) is 4.24. The summed E-state index contributed by atoms with van der Waals surface area (Å²) >= 11 is 0. The molecule has 0 spiro atoms. The Morgan fingerprint density at radius 1 is 1.26 bits per heavy atom. The van der Waals surface area contributed by atoms with E-state index < -0.39 is 0 Å².